The minimum atomic E-state index is -4.81. The lowest BCUT2D eigenvalue weighted by molar-refractivity contribution is -0.141. The zero-order valence-corrected chi connectivity index (χ0v) is 20.6. The van der Waals surface area contributed by atoms with Gasteiger partial charge in [-0.3, -0.25) is 9.10 Å². The molecule has 0 amide bonds. The number of halogens is 6. The summed E-state index contributed by atoms with van der Waals surface area (Å²) in [6.45, 7) is -0.370. The van der Waals surface area contributed by atoms with E-state index in [0.717, 1.165) is 34.6 Å². The molecule has 39 heavy (non-hydrogen) atoms. The number of aromatic nitrogens is 1. The van der Waals surface area contributed by atoms with Gasteiger partial charge in [-0.25, -0.2) is 13.4 Å². The molecule has 7 nitrogen and oxygen atoms in total. The van der Waals surface area contributed by atoms with Gasteiger partial charge in [0.2, 0.25) is 0 Å². The van der Waals surface area contributed by atoms with Gasteiger partial charge in [-0.2, -0.15) is 26.3 Å². The fraction of sp³-hybridized carbons (Fsp3) is 0.280. The first kappa shape index (κ1) is 28.2. The molecule has 2 aromatic carbocycles. The Hall–Kier alpha value is -3.81. The highest BCUT2D eigenvalue weighted by Crippen LogP contribution is 2.41. The van der Waals surface area contributed by atoms with Gasteiger partial charge in [0.25, 0.3) is 10.0 Å². The highest BCUT2D eigenvalue weighted by atomic mass is 32.2. The van der Waals surface area contributed by atoms with E-state index in [1.807, 2.05) is 0 Å². The summed E-state index contributed by atoms with van der Waals surface area (Å²) in [7, 11) is -4.63. The number of sulfonamides is 1. The summed E-state index contributed by atoms with van der Waals surface area (Å²) >= 11 is 0. The quantitative estimate of drug-likeness (QED) is 0.348. The number of carbonyl (C=O) groups is 1. The third-order valence-corrected chi connectivity index (χ3v) is 7.67. The molecular weight excluding hydrogens is 554 g/mol. The number of aliphatic carboxylic acids is 1. The lowest BCUT2D eigenvalue weighted by Crippen LogP contribution is -2.43. The topological polar surface area (TPSA) is 96.8 Å². The molecule has 1 aliphatic heterocycles. The minimum Gasteiger partial charge on any atom is -0.486 e. The monoisotopic (exact) mass is 574 g/mol. The Morgan fingerprint density at radius 1 is 1.00 bits per heavy atom. The predicted octanol–water partition coefficient (Wildman–Crippen LogP) is 6.00. The molecule has 0 aliphatic carbocycles. The van der Waals surface area contributed by atoms with E-state index >= 15 is 0 Å². The second-order valence-electron chi connectivity index (χ2n) is 8.68. The fourth-order valence-electron chi connectivity index (χ4n) is 4.04. The van der Waals surface area contributed by atoms with E-state index < -0.39 is 50.6 Å². The maximum Gasteiger partial charge on any atom is 0.433 e. The molecule has 4 rings (SSSR count). The second kappa shape index (κ2) is 10.4. The van der Waals surface area contributed by atoms with Gasteiger partial charge in [0.05, 0.1) is 28.4 Å². The maximum absolute atomic E-state index is 13.6. The molecule has 0 fully saturated rings. The number of hydrogen-bond donors (Lipinski definition) is 1. The summed E-state index contributed by atoms with van der Waals surface area (Å²) in [6, 6.07) is 10.3. The number of fused-ring (bicyclic) bond motifs is 1. The van der Waals surface area contributed by atoms with Crippen molar-refractivity contribution in [3.63, 3.8) is 0 Å². The van der Waals surface area contributed by atoms with Crippen molar-refractivity contribution in [2.45, 2.75) is 42.6 Å². The van der Waals surface area contributed by atoms with Crippen molar-refractivity contribution < 1.29 is 49.4 Å². The van der Waals surface area contributed by atoms with Crippen molar-refractivity contribution in [1.29, 1.82) is 0 Å². The van der Waals surface area contributed by atoms with Crippen molar-refractivity contribution in [3.8, 4) is 17.0 Å². The molecule has 0 bridgehead atoms. The first-order chi connectivity index (χ1) is 18.2. The molecule has 1 atom stereocenters. The van der Waals surface area contributed by atoms with Crippen molar-refractivity contribution >= 4 is 21.7 Å². The number of carboxylic acids is 1. The van der Waals surface area contributed by atoms with Crippen molar-refractivity contribution in [2.75, 3.05) is 10.8 Å². The average Bonchev–Trinajstić information content (AvgIpc) is 2.87. The van der Waals surface area contributed by atoms with Crippen LogP contribution in [-0.4, -0.2) is 37.1 Å². The molecule has 208 valence electrons. The standard InChI is InChI=1S/C25H20F6N2O5S/c26-24(27,28)16-4-1-6-18(13-16)39(36,37)33-14-17(5-2-9-23(34)35)38-21-11-10-15(12-20(21)33)19-7-3-8-22(32-19)25(29,30)31/h1,3-4,6-8,10-13,17H,2,5,9,14H2,(H,34,35). The van der Waals surface area contributed by atoms with Gasteiger partial charge in [-0.15, -0.1) is 0 Å². The summed E-state index contributed by atoms with van der Waals surface area (Å²) in [4.78, 5) is 13.9. The summed E-state index contributed by atoms with van der Waals surface area (Å²) in [5.41, 5.74) is -2.47. The van der Waals surface area contributed by atoms with Crippen molar-refractivity contribution in [1.82, 2.24) is 4.98 Å². The maximum atomic E-state index is 13.6. The third kappa shape index (κ3) is 6.27. The Balaban J connectivity index is 1.79. The number of alkyl halides is 6. The summed E-state index contributed by atoms with van der Waals surface area (Å²) in [5, 5.41) is 8.92. The van der Waals surface area contributed by atoms with Crippen LogP contribution >= 0.6 is 0 Å². The van der Waals surface area contributed by atoms with Crippen LogP contribution < -0.4 is 9.04 Å². The van der Waals surface area contributed by atoms with Gasteiger partial charge in [0.15, 0.2) is 0 Å². The first-order valence-electron chi connectivity index (χ1n) is 11.4. The Kier molecular flexibility index (Phi) is 7.52. The van der Waals surface area contributed by atoms with Crippen LogP contribution in [0.1, 0.15) is 30.5 Å². The molecule has 0 saturated heterocycles. The molecule has 2 heterocycles. The first-order valence-corrected chi connectivity index (χ1v) is 12.9. The fourth-order valence-corrected chi connectivity index (χ4v) is 5.59. The van der Waals surface area contributed by atoms with E-state index in [1.165, 1.54) is 24.3 Å². The number of nitrogens with zero attached hydrogens (tertiary/aromatic N) is 2. The lowest BCUT2D eigenvalue weighted by atomic mass is 10.1. The van der Waals surface area contributed by atoms with Gasteiger partial charge in [0.1, 0.15) is 17.5 Å². The van der Waals surface area contributed by atoms with E-state index in [4.69, 9.17) is 9.84 Å². The van der Waals surface area contributed by atoms with Crippen LogP contribution in [0.25, 0.3) is 11.3 Å². The number of anilines is 1. The van der Waals surface area contributed by atoms with E-state index in [9.17, 15) is 39.6 Å². The largest absolute Gasteiger partial charge is 0.486 e. The van der Waals surface area contributed by atoms with Gasteiger partial charge >= 0.3 is 18.3 Å². The van der Waals surface area contributed by atoms with E-state index in [2.05, 4.69) is 4.98 Å². The van der Waals surface area contributed by atoms with Crippen LogP contribution in [0.4, 0.5) is 32.0 Å². The number of ether oxygens (including phenoxy) is 1. The number of carboxylic acid groups (broad SMARTS) is 1. The number of pyridine rings is 1. The van der Waals surface area contributed by atoms with E-state index in [1.54, 1.807) is 0 Å². The van der Waals surface area contributed by atoms with Crippen LogP contribution in [0.15, 0.2) is 65.6 Å². The van der Waals surface area contributed by atoms with E-state index in [-0.39, 0.29) is 48.5 Å². The van der Waals surface area contributed by atoms with Gasteiger partial charge in [0, 0.05) is 12.0 Å². The normalized spacial score (nSPS) is 15.9. The van der Waals surface area contributed by atoms with Gasteiger partial charge in [-0.05, 0) is 61.4 Å². The Labute approximate surface area is 218 Å². The number of rotatable bonds is 7. The van der Waals surface area contributed by atoms with Crippen LogP contribution in [0, 0.1) is 0 Å². The second-order valence-corrected chi connectivity index (χ2v) is 10.5. The van der Waals surface area contributed by atoms with Crippen LogP contribution in [0.5, 0.6) is 5.75 Å². The highest BCUT2D eigenvalue weighted by Gasteiger charge is 2.37. The number of hydrogen-bond acceptors (Lipinski definition) is 5. The Morgan fingerprint density at radius 2 is 1.72 bits per heavy atom. The molecule has 0 radical (unpaired) electrons. The van der Waals surface area contributed by atoms with Crippen molar-refractivity contribution in [3.05, 3.63) is 71.9 Å². The summed E-state index contributed by atoms with van der Waals surface area (Å²) in [6.07, 6.45) is -10.3. The van der Waals surface area contributed by atoms with Crippen molar-refractivity contribution in [2.24, 2.45) is 0 Å². The molecule has 1 N–H and O–H groups in total. The average molecular weight is 574 g/mol. The van der Waals surface area contributed by atoms with Crippen LogP contribution in [-0.2, 0) is 27.2 Å². The Morgan fingerprint density at radius 3 is 2.38 bits per heavy atom. The van der Waals surface area contributed by atoms with Gasteiger partial charge < -0.3 is 9.84 Å². The molecule has 1 aromatic heterocycles. The zero-order chi connectivity index (χ0) is 28.6. The molecule has 0 spiro atoms. The van der Waals surface area contributed by atoms with Gasteiger partial charge in [-0.1, -0.05) is 12.1 Å². The van der Waals surface area contributed by atoms with Crippen LogP contribution in [0.2, 0.25) is 0 Å². The highest BCUT2D eigenvalue weighted by molar-refractivity contribution is 7.92. The zero-order valence-electron chi connectivity index (χ0n) is 19.8. The minimum absolute atomic E-state index is 0.00727. The molecule has 1 aliphatic rings. The Bertz CT molecular complexity index is 1490. The van der Waals surface area contributed by atoms with E-state index in [0.29, 0.717) is 6.07 Å². The van der Waals surface area contributed by atoms with Crippen LogP contribution in [0.3, 0.4) is 0 Å². The molecular formula is C25H20F6N2O5S. The lowest BCUT2D eigenvalue weighted by Gasteiger charge is -2.36. The molecule has 1 unspecified atom stereocenters. The summed E-state index contributed by atoms with van der Waals surface area (Å²) in [5.74, 6) is -1.06. The molecule has 3 aromatic rings. The third-order valence-electron chi connectivity index (χ3n) is 5.89. The predicted molar refractivity (Wildman–Crippen MR) is 127 cm³/mol. The molecule has 0 saturated carbocycles. The number of benzene rings is 2. The molecule has 14 heteroatoms. The SMILES string of the molecule is O=C(O)CCCC1CN(S(=O)(=O)c2cccc(C(F)(F)F)c2)c2cc(-c3cccc(C(F)(F)F)n3)ccc2O1. The smallest absolute Gasteiger partial charge is 0.433 e. The summed E-state index contributed by atoms with van der Waals surface area (Å²) < 4.78 is 113.